The van der Waals surface area contributed by atoms with Crippen molar-refractivity contribution in [3.63, 3.8) is 0 Å². The van der Waals surface area contributed by atoms with Gasteiger partial charge in [-0.05, 0) is 85.8 Å². The quantitative estimate of drug-likeness (QED) is 0.0692. The highest BCUT2D eigenvalue weighted by atomic mass is 19.1. The largest absolute Gasteiger partial charge is 0.489 e. The standard InChI is InChI=1S/C48H59FN2O9/c1-3-26-58-48-43(51(2)47(54)57-31-33-15-5-4-6-16-33)30-41(50-60-44-21-11-14-27-55-44)38-28-34(17-9-12-24-52)37(19-10-13-25-53)45(46(38)48)39-29-36(22-23-42(39)59-48)56-32-35-18-7-8-20-40(35)49/h3-8,15-16,18,20,22-23,28-29,34,37,43-46,52-53H,1,9-14,17,19,21,24-27,30-32H2,2H3. The van der Waals surface area contributed by atoms with Crippen LogP contribution in [0.3, 0.4) is 0 Å². The van der Waals surface area contributed by atoms with E-state index in [1.165, 1.54) is 6.07 Å². The number of nitrogens with zero attached hydrogens (tertiary/aromatic N) is 2. The van der Waals surface area contributed by atoms with Gasteiger partial charge >= 0.3 is 6.09 Å². The van der Waals surface area contributed by atoms with Crippen LogP contribution in [0, 0.1) is 23.6 Å². The minimum atomic E-state index is -1.43. The predicted molar refractivity (Wildman–Crippen MR) is 225 cm³/mol. The first-order chi connectivity index (χ1) is 29.4. The average molecular weight is 827 g/mol. The summed E-state index contributed by atoms with van der Waals surface area (Å²) < 4.78 is 47.1. The number of amides is 1. The van der Waals surface area contributed by atoms with Gasteiger partial charge < -0.3 is 43.6 Å². The Bertz CT molecular complexity index is 1950. The van der Waals surface area contributed by atoms with Crippen molar-refractivity contribution in [2.45, 2.75) is 101 Å². The highest BCUT2D eigenvalue weighted by Gasteiger charge is 2.65. The van der Waals surface area contributed by atoms with Gasteiger partial charge in [-0.2, -0.15) is 0 Å². The molecule has 2 N–H and O–H groups in total. The third kappa shape index (κ3) is 9.73. The molecule has 1 saturated carbocycles. The summed E-state index contributed by atoms with van der Waals surface area (Å²) in [6.45, 7) is 5.01. The minimum absolute atomic E-state index is 0.0260. The van der Waals surface area contributed by atoms with E-state index >= 15 is 0 Å². The van der Waals surface area contributed by atoms with Crippen molar-refractivity contribution in [2.75, 3.05) is 33.5 Å². The van der Waals surface area contributed by atoms with Gasteiger partial charge in [0, 0.05) is 50.1 Å². The molecule has 1 amide bonds. The fourth-order valence-corrected chi connectivity index (χ4v) is 9.46. The number of fused-ring (bicyclic) bond motifs is 2. The van der Waals surface area contributed by atoms with Gasteiger partial charge in [-0.3, -0.25) is 0 Å². The van der Waals surface area contributed by atoms with Crippen molar-refractivity contribution in [1.29, 1.82) is 0 Å². The van der Waals surface area contributed by atoms with E-state index in [1.807, 2.05) is 48.5 Å². The number of benzene rings is 3. The number of likely N-dealkylation sites (N-methyl/N-ethyl adjacent to an activating group) is 1. The molecule has 1 saturated heterocycles. The molecule has 11 nitrogen and oxygen atoms in total. The topological polar surface area (TPSA) is 129 Å². The second kappa shape index (κ2) is 20.7. The molecule has 7 rings (SSSR count). The average Bonchev–Trinajstić information content (AvgIpc) is 3.28. The Hall–Kier alpha value is -4.75. The molecule has 60 heavy (non-hydrogen) atoms. The molecule has 0 bridgehead atoms. The second-order valence-electron chi connectivity index (χ2n) is 16.2. The third-order valence-electron chi connectivity index (χ3n) is 12.4. The van der Waals surface area contributed by atoms with E-state index in [1.54, 1.807) is 36.2 Å². The maximum atomic E-state index is 14.7. The SMILES string of the molecule is C=CCOC12Oc3ccc(OCc4ccccc4F)cc3C3C(CCCCO)C(CCCCO)C=C(C(=NOC4CCCCO4)CC1N(C)C(=O)OCc1ccccc1)C32. The van der Waals surface area contributed by atoms with E-state index in [2.05, 4.69) is 12.7 Å². The molecule has 7 atom stereocenters. The summed E-state index contributed by atoms with van der Waals surface area (Å²) in [6, 6.07) is 21.1. The lowest BCUT2D eigenvalue weighted by atomic mass is 9.55. The predicted octanol–water partition coefficient (Wildman–Crippen LogP) is 8.83. The van der Waals surface area contributed by atoms with E-state index in [0.29, 0.717) is 48.6 Å². The summed E-state index contributed by atoms with van der Waals surface area (Å²) in [5.74, 6) is -1.30. The molecule has 4 aliphatic rings. The van der Waals surface area contributed by atoms with Crippen molar-refractivity contribution >= 4 is 11.8 Å². The first-order valence-corrected chi connectivity index (χ1v) is 21.5. The molecule has 3 aromatic rings. The van der Waals surface area contributed by atoms with Crippen LogP contribution in [-0.2, 0) is 32.3 Å². The van der Waals surface area contributed by atoms with Crippen molar-refractivity contribution in [1.82, 2.24) is 4.90 Å². The zero-order chi connectivity index (χ0) is 41.9. The Morgan fingerprint density at radius 3 is 2.53 bits per heavy atom. The van der Waals surface area contributed by atoms with Gasteiger partial charge in [0.15, 0.2) is 0 Å². The van der Waals surface area contributed by atoms with Crippen molar-refractivity contribution in [3.05, 3.63) is 120 Å². The Morgan fingerprint density at radius 1 is 1.00 bits per heavy atom. The number of rotatable bonds is 19. The molecule has 12 heteroatoms. The minimum Gasteiger partial charge on any atom is -0.489 e. The summed E-state index contributed by atoms with van der Waals surface area (Å²) in [5.41, 5.74) is 3.79. The van der Waals surface area contributed by atoms with Gasteiger partial charge in [0.1, 0.15) is 36.6 Å². The van der Waals surface area contributed by atoms with Gasteiger partial charge in [0.05, 0.1) is 24.8 Å². The van der Waals surface area contributed by atoms with Crippen LogP contribution in [0.15, 0.2) is 102 Å². The van der Waals surface area contributed by atoms with E-state index < -0.39 is 30.1 Å². The smallest absolute Gasteiger partial charge is 0.410 e. The van der Waals surface area contributed by atoms with Gasteiger partial charge in [-0.1, -0.05) is 78.7 Å². The molecule has 322 valence electrons. The Labute approximate surface area is 352 Å². The number of allylic oxidation sites excluding steroid dienone is 1. The van der Waals surface area contributed by atoms with Crippen LogP contribution in [-0.4, -0.2) is 78.5 Å². The van der Waals surface area contributed by atoms with Gasteiger partial charge in [-0.25, -0.2) is 9.18 Å². The zero-order valence-electron chi connectivity index (χ0n) is 34.6. The first kappa shape index (κ1) is 43.3. The van der Waals surface area contributed by atoms with Crippen LogP contribution in [0.5, 0.6) is 11.5 Å². The molecule has 0 aromatic heterocycles. The number of aliphatic hydroxyl groups is 2. The van der Waals surface area contributed by atoms with Crippen LogP contribution < -0.4 is 9.47 Å². The molecule has 2 fully saturated rings. The number of hydrogen-bond donors (Lipinski definition) is 2. The molecule has 7 unspecified atom stereocenters. The van der Waals surface area contributed by atoms with Gasteiger partial charge in [-0.15, -0.1) is 6.58 Å². The van der Waals surface area contributed by atoms with E-state index in [9.17, 15) is 19.4 Å². The Kier molecular flexibility index (Phi) is 14.9. The zero-order valence-corrected chi connectivity index (χ0v) is 34.6. The van der Waals surface area contributed by atoms with E-state index in [0.717, 1.165) is 55.2 Å². The summed E-state index contributed by atoms with van der Waals surface area (Å²) in [4.78, 5) is 21.9. The van der Waals surface area contributed by atoms with E-state index in [-0.39, 0.29) is 63.0 Å². The Balaban J connectivity index is 1.36. The monoisotopic (exact) mass is 826 g/mol. The number of ether oxygens (including phenoxy) is 5. The third-order valence-corrected chi connectivity index (χ3v) is 12.4. The number of halogens is 1. The molecule has 0 radical (unpaired) electrons. The first-order valence-electron chi connectivity index (χ1n) is 21.5. The molecule has 2 heterocycles. The van der Waals surface area contributed by atoms with Crippen LogP contribution in [0.25, 0.3) is 0 Å². The van der Waals surface area contributed by atoms with Crippen LogP contribution in [0.2, 0.25) is 0 Å². The summed E-state index contributed by atoms with van der Waals surface area (Å²) >= 11 is 0. The molecule has 2 aliphatic heterocycles. The van der Waals surface area contributed by atoms with Crippen molar-refractivity contribution in [2.24, 2.45) is 22.9 Å². The lowest BCUT2D eigenvalue weighted by Gasteiger charge is -2.59. The van der Waals surface area contributed by atoms with Crippen molar-refractivity contribution < 1.29 is 47.9 Å². The maximum Gasteiger partial charge on any atom is 0.410 e. The number of aliphatic hydroxyl groups excluding tert-OH is 2. The van der Waals surface area contributed by atoms with Gasteiger partial charge in [0.25, 0.3) is 0 Å². The van der Waals surface area contributed by atoms with Gasteiger partial charge in [0.2, 0.25) is 12.1 Å². The summed E-state index contributed by atoms with van der Waals surface area (Å²) in [5, 5.41) is 24.7. The Morgan fingerprint density at radius 2 is 1.78 bits per heavy atom. The normalized spacial score (nSPS) is 26.2. The highest BCUT2D eigenvalue weighted by molar-refractivity contribution is 6.03. The highest BCUT2D eigenvalue weighted by Crippen LogP contribution is 2.62. The van der Waals surface area contributed by atoms with E-state index in [4.69, 9.17) is 33.7 Å². The summed E-state index contributed by atoms with van der Waals surface area (Å²) in [6.07, 6.45) is 10.3. The van der Waals surface area contributed by atoms with Crippen LogP contribution in [0.1, 0.15) is 86.8 Å². The number of carbonyl (C=O) groups excluding carboxylic acids is 1. The second-order valence-corrected chi connectivity index (χ2v) is 16.2. The lowest BCUT2D eigenvalue weighted by molar-refractivity contribution is -0.254. The molecule has 2 aliphatic carbocycles. The number of unbranched alkanes of at least 4 members (excludes halogenated alkanes) is 2. The van der Waals surface area contributed by atoms with Crippen molar-refractivity contribution in [3.8, 4) is 11.5 Å². The fraction of sp³-hybridized carbons (Fsp3) is 0.500. The molecular weight excluding hydrogens is 768 g/mol. The lowest BCUT2D eigenvalue weighted by Crippen LogP contribution is -2.69. The maximum absolute atomic E-state index is 14.7. The molecule has 3 aromatic carbocycles. The van der Waals surface area contributed by atoms with Crippen LogP contribution in [0.4, 0.5) is 9.18 Å². The number of oxime groups is 1. The molecular formula is C48H59FN2O9. The number of hydrogen-bond acceptors (Lipinski definition) is 10. The summed E-state index contributed by atoms with van der Waals surface area (Å²) in [7, 11) is 1.71. The van der Waals surface area contributed by atoms with Crippen LogP contribution >= 0.6 is 0 Å². The number of carbonyl (C=O) groups is 1. The fourth-order valence-electron chi connectivity index (χ4n) is 9.46. The molecule has 0 spiro atoms.